The predicted molar refractivity (Wildman–Crippen MR) is 89.4 cm³/mol. The minimum absolute atomic E-state index is 0.636. The average molecular weight is 353 g/mol. The third-order valence-electron chi connectivity index (χ3n) is 5.21. The van der Waals surface area contributed by atoms with Crippen LogP contribution in [0.2, 0.25) is 0 Å². The van der Waals surface area contributed by atoms with Gasteiger partial charge in [-0.05, 0) is 63.5 Å². The van der Waals surface area contributed by atoms with Gasteiger partial charge in [0.1, 0.15) is 0 Å². The van der Waals surface area contributed by atoms with E-state index in [1.807, 2.05) is 12.1 Å². The zero-order valence-corrected chi connectivity index (χ0v) is 14.3. The standard InChI is InChI=1S/C17H25BrN2O/c1-19-10-6-16(7-11-19)20-12-8-17(21,9-13-20)14-2-4-15(18)5-3-14/h2-5,16,21H,6-13H2,1H3. The van der Waals surface area contributed by atoms with E-state index in [0.717, 1.165) is 42.0 Å². The summed E-state index contributed by atoms with van der Waals surface area (Å²) in [6.07, 6.45) is 4.24. The van der Waals surface area contributed by atoms with Gasteiger partial charge in [0.2, 0.25) is 0 Å². The van der Waals surface area contributed by atoms with Crippen LogP contribution in [0.5, 0.6) is 0 Å². The number of piperidine rings is 2. The largest absolute Gasteiger partial charge is 0.385 e. The summed E-state index contributed by atoms with van der Waals surface area (Å²) in [6, 6.07) is 8.87. The van der Waals surface area contributed by atoms with Crippen LogP contribution < -0.4 is 0 Å². The number of nitrogens with zero attached hydrogens (tertiary/aromatic N) is 2. The number of halogens is 1. The highest BCUT2D eigenvalue weighted by molar-refractivity contribution is 9.10. The molecule has 0 radical (unpaired) electrons. The molecule has 2 aliphatic heterocycles. The molecule has 3 rings (SSSR count). The molecule has 0 aliphatic carbocycles. The lowest BCUT2D eigenvalue weighted by atomic mass is 9.83. The van der Waals surface area contributed by atoms with Gasteiger partial charge in [-0.2, -0.15) is 0 Å². The third-order valence-corrected chi connectivity index (χ3v) is 5.74. The van der Waals surface area contributed by atoms with E-state index in [0.29, 0.717) is 0 Å². The van der Waals surface area contributed by atoms with Crippen LogP contribution in [0.4, 0.5) is 0 Å². The van der Waals surface area contributed by atoms with E-state index < -0.39 is 5.60 Å². The Balaban J connectivity index is 1.60. The number of aliphatic hydroxyl groups is 1. The van der Waals surface area contributed by atoms with Crippen LogP contribution >= 0.6 is 15.9 Å². The average Bonchev–Trinajstić information content (AvgIpc) is 2.50. The smallest absolute Gasteiger partial charge is 0.0920 e. The Morgan fingerprint density at radius 3 is 2.19 bits per heavy atom. The summed E-state index contributed by atoms with van der Waals surface area (Å²) in [5.74, 6) is 0. The first kappa shape index (κ1) is 15.5. The van der Waals surface area contributed by atoms with Gasteiger partial charge in [0.15, 0.2) is 0 Å². The molecule has 4 heteroatoms. The third kappa shape index (κ3) is 3.50. The summed E-state index contributed by atoms with van der Waals surface area (Å²) >= 11 is 3.46. The summed E-state index contributed by atoms with van der Waals surface area (Å²) in [7, 11) is 2.21. The van der Waals surface area contributed by atoms with Crippen LogP contribution in [0.25, 0.3) is 0 Å². The molecule has 1 aromatic rings. The Hall–Kier alpha value is -0.420. The molecular weight excluding hydrogens is 328 g/mol. The number of benzene rings is 1. The van der Waals surface area contributed by atoms with Gasteiger partial charge >= 0.3 is 0 Å². The topological polar surface area (TPSA) is 26.7 Å². The molecule has 1 aromatic carbocycles. The van der Waals surface area contributed by atoms with Gasteiger partial charge in [0.25, 0.3) is 0 Å². The predicted octanol–water partition coefficient (Wildman–Crippen LogP) is 2.83. The van der Waals surface area contributed by atoms with Gasteiger partial charge in [-0.15, -0.1) is 0 Å². The summed E-state index contributed by atoms with van der Waals surface area (Å²) in [5.41, 5.74) is 0.427. The highest BCUT2D eigenvalue weighted by Crippen LogP contribution is 2.34. The lowest BCUT2D eigenvalue weighted by Gasteiger charge is -2.44. The minimum atomic E-state index is -0.636. The highest BCUT2D eigenvalue weighted by atomic mass is 79.9. The van der Waals surface area contributed by atoms with Crippen molar-refractivity contribution in [1.82, 2.24) is 9.80 Å². The van der Waals surface area contributed by atoms with Crippen molar-refractivity contribution >= 4 is 15.9 Å². The van der Waals surface area contributed by atoms with E-state index >= 15 is 0 Å². The Labute approximate surface area is 136 Å². The zero-order chi connectivity index (χ0) is 14.9. The van der Waals surface area contributed by atoms with Gasteiger partial charge < -0.3 is 14.9 Å². The van der Waals surface area contributed by atoms with E-state index in [2.05, 4.69) is 44.9 Å². The molecule has 116 valence electrons. The van der Waals surface area contributed by atoms with Crippen molar-refractivity contribution in [2.45, 2.75) is 37.3 Å². The second-order valence-corrected chi connectivity index (χ2v) is 7.52. The van der Waals surface area contributed by atoms with Crippen molar-refractivity contribution in [1.29, 1.82) is 0 Å². The van der Waals surface area contributed by atoms with E-state index in [-0.39, 0.29) is 0 Å². The lowest BCUT2D eigenvalue weighted by molar-refractivity contribution is -0.0413. The van der Waals surface area contributed by atoms with E-state index in [4.69, 9.17) is 0 Å². The lowest BCUT2D eigenvalue weighted by Crippen LogP contribution is -2.50. The van der Waals surface area contributed by atoms with E-state index in [9.17, 15) is 5.11 Å². The molecule has 0 bridgehead atoms. The second-order valence-electron chi connectivity index (χ2n) is 6.61. The normalized spacial score (nSPS) is 25.1. The maximum atomic E-state index is 10.9. The molecule has 1 N–H and O–H groups in total. The quantitative estimate of drug-likeness (QED) is 0.886. The van der Waals surface area contributed by atoms with Gasteiger partial charge in [-0.3, -0.25) is 0 Å². The molecule has 2 saturated heterocycles. The summed E-state index contributed by atoms with van der Waals surface area (Å²) < 4.78 is 1.07. The van der Waals surface area contributed by atoms with Crippen molar-refractivity contribution in [3.8, 4) is 0 Å². The first-order valence-electron chi connectivity index (χ1n) is 7.98. The van der Waals surface area contributed by atoms with Crippen LogP contribution in [0.3, 0.4) is 0 Å². The first-order chi connectivity index (χ1) is 10.1. The van der Waals surface area contributed by atoms with E-state index in [1.54, 1.807) is 0 Å². The van der Waals surface area contributed by atoms with E-state index in [1.165, 1.54) is 25.9 Å². The molecule has 0 aromatic heterocycles. The second kappa shape index (κ2) is 6.37. The number of likely N-dealkylation sites (tertiary alicyclic amines) is 2. The van der Waals surface area contributed by atoms with Crippen LogP contribution in [-0.2, 0) is 5.60 Å². The molecular formula is C17H25BrN2O. The number of rotatable bonds is 2. The van der Waals surface area contributed by atoms with Crippen molar-refractivity contribution in [2.75, 3.05) is 33.2 Å². The minimum Gasteiger partial charge on any atom is -0.385 e. The molecule has 0 atom stereocenters. The summed E-state index contributed by atoms with van der Waals surface area (Å²) in [4.78, 5) is 5.01. The Kier molecular flexibility index (Phi) is 4.69. The molecule has 21 heavy (non-hydrogen) atoms. The Morgan fingerprint density at radius 2 is 1.62 bits per heavy atom. The van der Waals surface area contributed by atoms with Gasteiger partial charge in [0, 0.05) is 23.6 Å². The van der Waals surface area contributed by atoms with Gasteiger partial charge in [0.05, 0.1) is 5.60 Å². The molecule has 2 fully saturated rings. The maximum absolute atomic E-state index is 10.9. The van der Waals surface area contributed by atoms with Crippen LogP contribution in [-0.4, -0.2) is 54.2 Å². The fourth-order valence-electron chi connectivity index (χ4n) is 3.67. The zero-order valence-electron chi connectivity index (χ0n) is 12.8. The van der Waals surface area contributed by atoms with Gasteiger partial charge in [-0.1, -0.05) is 28.1 Å². The number of hydrogen-bond acceptors (Lipinski definition) is 3. The summed E-state index contributed by atoms with van der Waals surface area (Å²) in [6.45, 7) is 4.44. The SMILES string of the molecule is CN1CCC(N2CCC(O)(c3ccc(Br)cc3)CC2)CC1. The maximum Gasteiger partial charge on any atom is 0.0920 e. The Bertz CT molecular complexity index is 460. The van der Waals surface area contributed by atoms with Crippen molar-refractivity contribution in [3.63, 3.8) is 0 Å². The van der Waals surface area contributed by atoms with Crippen molar-refractivity contribution in [2.24, 2.45) is 0 Å². The molecule has 2 aliphatic rings. The molecule has 0 spiro atoms. The first-order valence-corrected chi connectivity index (χ1v) is 8.77. The number of hydrogen-bond donors (Lipinski definition) is 1. The van der Waals surface area contributed by atoms with Crippen LogP contribution in [0.1, 0.15) is 31.2 Å². The molecule has 2 heterocycles. The monoisotopic (exact) mass is 352 g/mol. The molecule has 0 unspecified atom stereocenters. The molecule has 3 nitrogen and oxygen atoms in total. The highest BCUT2D eigenvalue weighted by Gasteiger charge is 2.36. The summed E-state index contributed by atoms with van der Waals surface area (Å²) in [5, 5.41) is 10.9. The fourth-order valence-corrected chi connectivity index (χ4v) is 3.93. The van der Waals surface area contributed by atoms with Crippen LogP contribution in [0.15, 0.2) is 28.7 Å². The van der Waals surface area contributed by atoms with Crippen LogP contribution in [0, 0.1) is 0 Å². The molecule has 0 saturated carbocycles. The fraction of sp³-hybridized carbons (Fsp3) is 0.647. The van der Waals surface area contributed by atoms with Crippen molar-refractivity contribution in [3.05, 3.63) is 34.3 Å². The Morgan fingerprint density at radius 1 is 1.05 bits per heavy atom. The van der Waals surface area contributed by atoms with Gasteiger partial charge in [-0.25, -0.2) is 0 Å². The van der Waals surface area contributed by atoms with Crippen molar-refractivity contribution < 1.29 is 5.11 Å². The molecule has 0 amide bonds.